The minimum atomic E-state index is -0.293. The quantitative estimate of drug-likeness (QED) is 0.771. The van der Waals surface area contributed by atoms with E-state index in [1.807, 2.05) is 12.1 Å². The van der Waals surface area contributed by atoms with Gasteiger partial charge in [0.2, 0.25) is 6.79 Å². The normalized spacial score (nSPS) is 12.4. The zero-order valence-corrected chi connectivity index (χ0v) is 14.1. The van der Waals surface area contributed by atoms with E-state index in [0.29, 0.717) is 27.2 Å². The molecule has 8 heteroatoms. The van der Waals surface area contributed by atoms with Crippen LogP contribution in [0.4, 0.5) is 5.69 Å². The van der Waals surface area contributed by atoms with Gasteiger partial charge in [-0.25, -0.2) is 0 Å². The van der Waals surface area contributed by atoms with E-state index >= 15 is 0 Å². The lowest BCUT2D eigenvalue weighted by Gasteiger charge is -2.04. The third-order valence-corrected chi connectivity index (χ3v) is 4.82. The van der Waals surface area contributed by atoms with Crippen molar-refractivity contribution in [3.05, 3.63) is 46.4 Å². The SMILES string of the molecule is Cn1nc(C(=O)Nc2ccc3c(c2)OCO3)cc1-c1ccc(Cl)s1. The highest BCUT2D eigenvalue weighted by molar-refractivity contribution is 7.19. The molecule has 0 radical (unpaired) electrons. The topological polar surface area (TPSA) is 65.4 Å². The number of anilines is 1. The largest absolute Gasteiger partial charge is 0.454 e. The van der Waals surface area contributed by atoms with Gasteiger partial charge in [-0.3, -0.25) is 9.48 Å². The van der Waals surface area contributed by atoms with E-state index in [1.54, 1.807) is 36.0 Å². The Morgan fingerprint density at radius 3 is 2.88 bits per heavy atom. The number of carbonyl (C=O) groups excluding carboxylic acids is 1. The predicted molar refractivity (Wildman–Crippen MR) is 92.0 cm³/mol. The van der Waals surface area contributed by atoms with Crippen molar-refractivity contribution in [2.24, 2.45) is 7.05 Å². The lowest BCUT2D eigenvalue weighted by molar-refractivity contribution is 0.102. The molecule has 1 aliphatic rings. The number of benzene rings is 1. The van der Waals surface area contributed by atoms with Gasteiger partial charge in [0.1, 0.15) is 0 Å². The number of carbonyl (C=O) groups is 1. The van der Waals surface area contributed by atoms with Gasteiger partial charge in [0.05, 0.1) is 14.9 Å². The molecule has 0 spiro atoms. The summed E-state index contributed by atoms with van der Waals surface area (Å²) in [6.45, 7) is 0.194. The van der Waals surface area contributed by atoms with Crippen molar-refractivity contribution in [1.82, 2.24) is 9.78 Å². The first-order chi connectivity index (χ1) is 11.6. The standard InChI is InChI=1S/C16H12ClN3O3S/c1-20-11(14-4-5-15(17)24-14)7-10(19-20)16(21)18-9-2-3-12-13(6-9)23-8-22-12/h2-7H,8H2,1H3,(H,18,21). The Bertz CT molecular complexity index is 935. The van der Waals surface area contributed by atoms with Crippen LogP contribution in [0.15, 0.2) is 36.4 Å². The van der Waals surface area contributed by atoms with E-state index in [1.165, 1.54) is 11.3 Å². The van der Waals surface area contributed by atoms with Gasteiger partial charge in [0.15, 0.2) is 17.2 Å². The number of hydrogen-bond acceptors (Lipinski definition) is 5. The number of hydrogen-bond donors (Lipinski definition) is 1. The molecule has 1 N–H and O–H groups in total. The molecule has 0 saturated carbocycles. The minimum Gasteiger partial charge on any atom is -0.454 e. The highest BCUT2D eigenvalue weighted by atomic mass is 35.5. The van der Waals surface area contributed by atoms with Crippen LogP contribution in [-0.2, 0) is 7.05 Å². The maximum absolute atomic E-state index is 12.4. The number of halogens is 1. The zero-order chi connectivity index (χ0) is 16.7. The summed E-state index contributed by atoms with van der Waals surface area (Å²) in [6, 6.07) is 10.7. The summed E-state index contributed by atoms with van der Waals surface area (Å²) in [5.41, 5.74) is 1.79. The van der Waals surface area contributed by atoms with Gasteiger partial charge in [0.25, 0.3) is 5.91 Å². The van der Waals surface area contributed by atoms with E-state index in [4.69, 9.17) is 21.1 Å². The first-order valence-corrected chi connectivity index (χ1v) is 8.30. The predicted octanol–water partition coefficient (Wildman–Crippen LogP) is 3.78. The Labute approximate surface area is 146 Å². The molecule has 0 bridgehead atoms. The fourth-order valence-corrected chi connectivity index (χ4v) is 3.52. The number of amides is 1. The Hall–Kier alpha value is -2.51. The molecule has 0 saturated heterocycles. The Morgan fingerprint density at radius 2 is 2.08 bits per heavy atom. The number of nitrogens with one attached hydrogen (secondary N) is 1. The van der Waals surface area contributed by atoms with Crippen molar-refractivity contribution in [2.45, 2.75) is 0 Å². The van der Waals surface area contributed by atoms with Crippen LogP contribution < -0.4 is 14.8 Å². The third kappa shape index (κ3) is 2.72. The van der Waals surface area contributed by atoms with Crippen LogP contribution in [0.2, 0.25) is 4.34 Å². The molecule has 122 valence electrons. The van der Waals surface area contributed by atoms with Crippen LogP contribution in [-0.4, -0.2) is 22.5 Å². The van der Waals surface area contributed by atoms with Crippen LogP contribution in [0.1, 0.15) is 10.5 Å². The highest BCUT2D eigenvalue weighted by Gasteiger charge is 2.17. The van der Waals surface area contributed by atoms with Gasteiger partial charge < -0.3 is 14.8 Å². The minimum absolute atomic E-state index is 0.194. The first-order valence-electron chi connectivity index (χ1n) is 7.11. The van der Waals surface area contributed by atoms with Crippen molar-refractivity contribution in [3.8, 4) is 22.1 Å². The Morgan fingerprint density at radius 1 is 1.25 bits per heavy atom. The number of aryl methyl sites for hydroxylation is 1. The monoisotopic (exact) mass is 361 g/mol. The molecule has 1 aromatic carbocycles. The summed E-state index contributed by atoms with van der Waals surface area (Å²) in [5.74, 6) is 0.990. The molecule has 3 aromatic rings. The second kappa shape index (κ2) is 5.85. The number of fused-ring (bicyclic) bond motifs is 1. The van der Waals surface area contributed by atoms with Crippen molar-refractivity contribution in [3.63, 3.8) is 0 Å². The fourth-order valence-electron chi connectivity index (χ4n) is 2.43. The number of rotatable bonds is 3. The molecular formula is C16H12ClN3O3S. The van der Waals surface area contributed by atoms with Crippen LogP contribution in [0.3, 0.4) is 0 Å². The van der Waals surface area contributed by atoms with Crippen LogP contribution >= 0.6 is 22.9 Å². The molecular weight excluding hydrogens is 350 g/mol. The lowest BCUT2D eigenvalue weighted by Crippen LogP contribution is -2.12. The van der Waals surface area contributed by atoms with Gasteiger partial charge in [-0.2, -0.15) is 5.10 Å². The van der Waals surface area contributed by atoms with Crippen molar-refractivity contribution in [1.29, 1.82) is 0 Å². The summed E-state index contributed by atoms with van der Waals surface area (Å²) in [6.07, 6.45) is 0. The number of thiophene rings is 1. The average Bonchev–Trinajstić information content (AvgIpc) is 3.26. The Kier molecular flexibility index (Phi) is 3.66. The average molecular weight is 362 g/mol. The molecule has 0 fully saturated rings. The molecule has 3 heterocycles. The van der Waals surface area contributed by atoms with Gasteiger partial charge in [-0.05, 0) is 30.3 Å². The van der Waals surface area contributed by atoms with Gasteiger partial charge in [-0.15, -0.1) is 11.3 Å². The van der Waals surface area contributed by atoms with Gasteiger partial charge >= 0.3 is 0 Å². The summed E-state index contributed by atoms with van der Waals surface area (Å²) in [4.78, 5) is 13.4. The van der Waals surface area contributed by atoms with Crippen molar-refractivity contribution in [2.75, 3.05) is 12.1 Å². The van der Waals surface area contributed by atoms with E-state index < -0.39 is 0 Å². The molecule has 24 heavy (non-hydrogen) atoms. The van der Waals surface area contributed by atoms with Crippen LogP contribution in [0.25, 0.3) is 10.6 Å². The van der Waals surface area contributed by atoms with E-state index in [0.717, 1.165) is 10.6 Å². The Balaban J connectivity index is 1.57. The molecule has 4 rings (SSSR count). The first kappa shape index (κ1) is 15.0. The van der Waals surface area contributed by atoms with E-state index in [2.05, 4.69) is 10.4 Å². The fraction of sp³-hybridized carbons (Fsp3) is 0.125. The maximum atomic E-state index is 12.4. The summed E-state index contributed by atoms with van der Waals surface area (Å²) in [5, 5.41) is 7.09. The molecule has 0 unspecified atom stereocenters. The second-order valence-corrected chi connectivity index (χ2v) is 6.88. The second-order valence-electron chi connectivity index (χ2n) is 5.16. The van der Waals surface area contributed by atoms with Crippen molar-refractivity contribution < 1.29 is 14.3 Å². The zero-order valence-electron chi connectivity index (χ0n) is 12.6. The summed E-state index contributed by atoms with van der Waals surface area (Å²) < 4.78 is 12.9. The molecule has 1 amide bonds. The van der Waals surface area contributed by atoms with Crippen molar-refractivity contribution >= 4 is 34.5 Å². The van der Waals surface area contributed by atoms with E-state index in [-0.39, 0.29) is 12.7 Å². The molecule has 1 aliphatic heterocycles. The summed E-state index contributed by atoms with van der Waals surface area (Å²) in [7, 11) is 1.79. The van der Waals surface area contributed by atoms with Gasteiger partial charge in [-0.1, -0.05) is 11.6 Å². The molecule has 0 aliphatic carbocycles. The van der Waals surface area contributed by atoms with Crippen LogP contribution in [0, 0.1) is 0 Å². The molecule has 2 aromatic heterocycles. The molecule has 6 nitrogen and oxygen atoms in total. The highest BCUT2D eigenvalue weighted by Crippen LogP contribution is 2.34. The number of nitrogens with zero attached hydrogens (tertiary/aromatic N) is 2. The van der Waals surface area contributed by atoms with Gasteiger partial charge in [0, 0.05) is 18.8 Å². The number of ether oxygens (including phenoxy) is 2. The molecule has 0 atom stereocenters. The van der Waals surface area contributed by atoms with Crippen LogP contribution in [0.5, 0.6) is 11.5 Å². The van der Waals surface area contributed by atoms with E-state index in [9.17, 15) is 4.79 Å². The number of aromatic nitrogens is 2. The maximum Gasteiger partial charge on any atom is 0.276 e. The summed E-state index contributed by atoms with van der Waals surface area (Å²) >= 11 is 7.41. The smallest absolute Gasteiger partial charge is 0.276 e. The lowest BCUT2D eigenvalue weighted by atomic mass is 10.2. The third-order valence-electron chi connectivity index (χ3n) is 3.57.